The van der Waals surface area contributed by atoms with Gasteiger partial charge in [-0.2, -0.15) is 11.8 Å². The molecule has 1 aliphatic carbocycles. The van der Waals surface area contributed by atoms with E-state index in [1.165, 1.54) is 11.1 Å². The van der Waals surface area contributed by atoms with Crippen LogP contribution in [-0.4, -0.2) is 45.2 Å². The van der Waals surface area contributed by atoms with Crippen LogP contribution in [0, 0.1) is 6.92 Å². The van der Waals surface area contributed by atoms with Crippen LogP contribution in [-0.2, 0) is 22.8 Å². The molecular formula is C23H36N4OSSi. The van der Waals surface area contributed by atoms with E-state index in [0.717, 1.165) is 49.8 Å². The zero-order valence-corrected chi connectivity index (χ0v) is 21.4. The number of thioether (sulfide) groups is 1. The summed E-state index contributed by atoms with van der Waals surface area (Å²) >= 11 is 2.03. The van der Waals surface area contributed by atoms with E-state index in [-0.39, 0.29) is 15.2 Å². The van der Waals surface area contributed by atoms with Crippen LogP contribution in [0.5, 0.6) is 0 Å². The molecule has 164 valence electrons. The van der Waals surface area contributed by atoms with E-state index in [1.54, 1.807) is 0 Å². The second-order valence-electron chi connectivity index (χ2n) is 10.9. The molecular weight excluding hydrogens is 408 g/mol. The molecule has 4 rings (SSSR count). The van der Waals surface area contributed by atoms with E-state index in [9.17, 15) is 0 Å². The molecule has 5 nitrogen and oxygen atoms in total. The molecule has 1 atom stereocenters. The molecule has 30 heavy (non-hydrogen) atoms. The zero-order valence-electron chi connectivity index (χ0n) is 19.6. The normalized spacial score (nSPS) is 23.7. The number of fused-ring (bicyclic) bond motifs is 1. The highest BCUT2D eigenvalue weighted by molar-refractivity contribution is 8.00. The summed E-state index contributed by atoms with van der Waals surface area (Å²) in [6.45, 7) is 17.8. The Morgan fingerprint density at radius 2 is 1.93 bits per heavy atom. The summed E-state index contributed by atoms with van der Waals surface area (Å²) in [6.07, 6.45) is 7.12. The van der Waals surface area contributed by atoms with Gasteiger partial charge in [0.25, 0.3) is 0 Å². The van der Waals surface area contributed by atoms with Crippen molar-refractivity contribution in [3.05, 3.63) is 41.2 Å². The molecule has 0 spiro atoms. The molecule has 1 aliphatic heterocycles. The lowest BCUT2D eigenvalue weighted by Crippen LogP contribution is -2.45. The van der Waals surface area contributed by atoms with Crippen molar-refractivity contribution in [2.45, 2.75) is 88.7 Å². The zero-order chi connectivity index (χ0) is 21.8. The Kier molecular flexibility index (Phi) is 5.47. The summed E-state index contributed by atoms with van der Waals surface area (Å²) in [6, 6.07) is 2.27. The second-order valence-corrected chi connectivity index (χ2v) is 17.4. The van der Waals surface area contributed by atoms with Gasteiger partial charge in [-0.25, -0.2) is 0 Å². The van der Waals surface area contributed by atoms with Crippen molar-refractivity contribution in [2.75, 3.05) is 12.4 Å². The Morgan fingerprint density at radius 1 is 1.20 bits per heavy atom. The first kappa shape index (κ1) is 22.0. The standard InChI is InChI=1S/C23H36N4OSSi/c1-17-12-18(15-24-14-17)23(8-9-23)20-26-25-19-13-22(5,29-11-10-27(19)20)16-28-30(6,7)21(2,3)4/h12,14-15H,8-11,13,16H2,1-7H3/t22-/m1/s1. The third kappa shape index (κ3) is 4.00. The monoisotopic (exact) mass is 444 g/mol. The summed E-state index contributed by atoms with van der Waals surface area (Å²) < 4.78 is 9.07. The topological polar surface area (TPSA) is 52.8 Å². The summed E-state index contributed by atoms with van der Waals surface area (Å²) in [5, 5.41) is 9.66. The van der Waals surface area contributed by atoms with Crippen LogP contribution in [0.1, 0.15) is 63.3 Å². The fraction of sp³-hybridized carbons (Fsp3) is 0.696. The van der Waals surface area contributed by atoms with E-state index >= 15 is 0 Å². The third-order valence-electron chi connectivity index (χ3n) is 7.27. The lowest BCUT2D eigenvalue weighted by Gasteiger charge is -2.39. The van der Waals surface area contributed by atoms with Gasteiger partial charge >= 0.3 is 0 Å². The van der Waals surface area contributed by atoms with Gasteiger partial charge in [0.2, 0.25) is 0 Å². The first-order valence-electron chi connectivity index (χ1n) is 11.1. The van der Waals surface area contributed by atoms with Crippen LogP contribution in [0.4, 0.5) is 0 Å². The van der Waals surface area contributed by atoms with Crippen molar-refractivity contribution < 1.29 is 4.43 Å². The van der Waals surface area contributed by atoms with E-state index in [4.69, 9.17) is 14.6 Å². The quantitative estimate of drug-likeness (QED) is 0.598. The van der Waals surface area contributed by atoms with Gasteiger partial charge in [-0.15, -0.1) is 10.2 Å². The SMILES string of the molecule is Cc1cncc(C2(c3nnc4n3CCS[C@@](C)(CO[Si](C)(C)C(C)(C)C)C4)CC2)c1. The van der Waals surface area contributed by atoms with Gasteiger partial charge in [0.1, 0.15) is 11.6 Å². The average molecular weight is 445 g/mol. The molecule has 0 unspecified atom stereocenters. The minimum Gasteiger partial charge on any atom is -0.415 e. The summed E-state index contributed by atoms with van der Waals surface area (Å²) in [4.78, 5) is 4.45. The number of rotatable bonds is 5. The van der Waals surface area contributed by atoms with Crippen molar-refractivity contribution in [2.24, 2.45) is 0 Å². The lowest BCUT2D eigenvalue weighted by atomic mass is 9.95. The first-order chi connectivity index (χ1) is 14.0. The number of aromatic nitrogens is 4. The molecule has 2 aromatic rings. The van der Waals surface area contributed by atoms with Crippen molar-refractivity contribution in [3.63, 3.8) is 0 Å². The number of nitrogens with zero attached hydrogens (tertiary/aromatic N) is 4. The van der Waals surface area contributed by atoms with E-state index in [0.29, 0.717) is 0 Å². The van der Waals surface area contributed by atoms with Gasteiger partial charge in [-0.05, 0) is 55.9 Å². The molecule has 0 N–H and O–H groups in total. The van der Waals surface area contributed by atoms with Crippen LogP contribution >= 0.6 is 11.8 Å². The summed E-state index contributed by atoms with van der Waals surface area (Å²) in [7, 11) is -1.77. The highest BCUT2D eigenvalue weighted by Crippen LogP contribution is 2.53. The lowest BCUT2D eigenvalue weighted by molar-refractivity contribution is 0.252. The Labute approximate surface area is 186 Å². The highest BCUT2D eigenvalue weighted by atomic mass is 32.2. The predicted octanol–water partition coefficient (Wildman–Crippen LogP) is 5.13. The first-order valence-corrected chi connectivity index (χ1v) is 15.0. The molecule has 1 saturated carbocycles. The van der Waals surface area contributed by atoms with E-state index in [2.05, 4.69) is 63.3 Å². The molecule has 2 aromatic heterocycles. The minimum atomic E-state index is -1.77. The number of aryl methyl sites for hydroxylation is 1. The predicted molar refractivity (Wildman–Crippen MR) is 127 cm³/mol. The molecule has 0 saturated heterocycles. The van der Waals surface area contributed by atoms with E-state index < -0.39 is 8.32 Å². The smallest absolute Gasteiger partial charge is 0.192 e. The Bertz CT molecular complexity index is 932. The van der Waals surface area contributed by atoms with E-state index in [1.807, 2.05) is 24.2 Å². The van der Waals surface area contributed by atoms with Gasteiger partial charge in [0, 0.05) is 42.5 Å². The minimum absolute atomic E-state index is 0.00726. The Morgan fingerprint density at radius 3 is 2.57 bits per heavy atom. The van der Waals surface area contributed by atoms with Gasteiger partial charge in [0.05, 0.1) is 5.41 Å². The van der Waals surface area contributed by atoms with Crippen LogP contribution in [0.15, 0.2) is 18.5 Å². The Hall–Kier alpha value is -1.18. The molecule has 0 radical (unpaired) electrons. The summed E-state index contributed by atoms with van der Waals surface area (Å²) in [5.74, 6) is 3.32. The number of hydrogen-bond acceptors (Lipinski definition) is 5. The third-order valence-corrected chi connectivity index (χ3v) is 13.1. The van der Waals surface area contributed by atoms with Crippen LogP contribution in [0.2, 0.25) is 18.1 Å². The second kappa shape index (κ2) is 7.45. The maximum absolute atomic E-state index is 6.63. The maximum Gasteiger partial charge on any atom is 0.192 e. The molecule has 1 fully saturated rings. The molecule has 3 heterocycles. The van der Waals surface area contributed by atoms with Gasteiger partial charge < -0.3 is 8.99 Å². The van der Waals surface area contributed by atoms with Crippen molar-refractivity contribution in [1.29, 1.82) is 0 Å². The molecule has 7 heteroatoms. The van der Waals surface area contributed by atoms with Crippen LogP contribution in [0.3, 0.4) is 0 Å². The molecule has 0 aromatic carbocycles. The van der Waals surface area contributed by atoms with Crippen LogP contribution in [0.25, 0.3) is 0 Å². The van der Waals surface area contributed by atoms with Gasteiger partial charge in [0.15, 0.2) is 8.32 Å². The maximum atomic E-state index is 6.63. The largest absolute Gasteiger partial charge is 0.415 e. The highest BCUT2D eigenvalue weighted by Gasteiger charge is 2.51. The van der Waals surface area contributed by atoms with Gasteiger partial charge in [-0.3, -0.25) is 4.98 Å². The van der Waals surface area contributed by atoms with Crippen molar-refractivity contribution >= 4 is 20.1 Å². The summed E-state index contributed by atoms with van der Waals surface area (Å²) in [5.41, 5.74) is 2.51. The fourth-order valence-electron chi connectivity index (χ4n) is 4.05. The number of pyridine rings is 1. The van der Waals surface area contributed by atoms with Crippen molar-refractivity contribution in [3.8, 4) is 0 Å². The average Bonchev–Trinajstić information content (AvgIpc) is 3.40. The molecule has 2 aliphatic rings. The molecule has 0 bridgehead atoms. The Balaban J connectivity index is 1.57. The molecule has 0 amide bonds. The van der Waals surface area contributed by atoms with Crippen molar-refractivity contribution in [1.82, 2.24) is 19.7 Å². The van der Waals surface area contributed by atoms with Gasteiger partial charge in [-0.1, -0.05) is 26.8 Å². The van der Waals surface area contributed by atoms with Crippen LogP contribution < -0.4 is 0 Å². The number of hydrogen-bond donors (Lipinski definition) is 0. The fourth-order valence-corrected chi connectivity index (χ4v) is 6.41.